The Labute approximate surface area is 131 Å². The van der Waals surface area contributed by atoms with Gasteiger partial charge in [0.15, 0.2) is 0 Å². The molecule has 0 N–H and O–H groups in total. The molecule has 1 aromatic heterocycles. The number of halogens is 1. The van der Waals surface area contributed by atoms with Crippen molar-refractivity contribution >= 4 is 22.9 Å². The topological polar surface area (TPSA) is 19.4 Å². The Kier molecular flexibility index (Phi) is 6.75. The zero-order valence-corrected chi connectivity index (χ0v) is 14.2. The van der Waals surface area contributed by atoms with Crippen LogP contribution in [0.1, 0.15) is 37.4 Å². The molecule has 0 bridgehead atoms. The van der Waals surface area contributed by atoms with Gasteiger partial charge in [-0.15, -0.1) is 22.9 Å². The van der Waals surface area contributed by atoms with Crippen LogP contribution in [0.25, 0.3) is 0 Å². The van der Waals surface area contributed by atoms with E-state index in [1.165, 1.54) is 50.6 Å². The van der Waals surface area contributed by atoms with Gasteiger partial charge in [-0.3, -0.25) is 4.90 Å². The van der Waals surface area contributed by atoms with Crippen LogP contribution in [0.4, 0.5) is 0 Å². The number of piperazine rings is 1. The molecule has 3 nitrogen and oxygen atoms in total. The van der Waals surface area contributed by atoms with E-state index in [1.807, 2.05) is 0 Å². The Bertz CT molecular complexity index is 396. The molecule has 0 amide bonds. The van der Waals surface area contributed by atoms with Gasteiger partial charge in [-0.25, -0.2) is 4.98 Å². The summed E-state index contributed by atoms with van der Waals surface area (Å²) in [5, 5.41) is 3.32. The first-order valence-corrected chi connectivity index (χ1v) is 9.10. The minimum absolute atomic E-state index is 0.538. The number of hydrogen-bond acceptors (Lipinski definition) is 4. The fraction of sp³-hybridized carbons (Fsp3) is 0.800. The van der Waals surface area contributed by atoms with Gasteiger partial charge < -0.3 is 4.90 Å². The van der Waals surface area contributed by atoms with E-state index in [-0.39, 0.29) is 0 Å². The normalized spacial score (nSPS) is 21.4. The smallest absolute Gasteiger partial charge is 0.0928 e. The lowest BCUT2D eigenvalue weighted by molar-refractivity contribution is 0.0870. The molecule has 0 aliphatic carbocycles. The molecule has 0 radical (unpaired) electrons. The summed E-state index contributed by atoms with van der Waals surface area (Å²) < 4.78 is 0. The first-order chi connectivity index (χ1) is 9.72. The molecule has 2 heterocycles. The van der Waals surface area contributed by atoms with Crippen molar-refractivity contribution in [1.82, 2.24) is 14.8 Å². The lowest BCUT2D eigenvalue weighted by Gasteiger charge is -2.39. The van der Waals surface area contributed by atoms with Crippen LogP contribution in [0.2, 0.25) is 0 Å². The van der Waals surface area contributed by atoms with Crippen molar-refractivity contribution < 1.29 is 0 Å². The molecule has 2 rings (SSSR count). The van der Waals surface area contributed by atoms with Crippen molar-refractivity contribution in [2.24, 2.45) is 0 Å². The molecular weight excluding hydrogens is 290 g/mol. The highest BCUT2D eigenvalue weighted by Gasteiger charge is 2.21. The van der Waals surface area contributed by atoms with Gasteiger partial charge >= 0.3 is 0 Å². The molecular formula is C15H26ClN3S. The fourth-order valence-corrected chi connectivity index (χ4v) is 3.95. The summed E-state index contributed by atoms with van der Waals surface area (Å²) in [4.78, 5) is 9.70. The van der Waals surface area contributed by atoms with Crippen molar-refractivity contribution in [2.75, 3.05) is 32.7 Å². The lowest BCUT2D eigenvalue weighted by Crippen LogP contribution is -2.51. The quantitative estimate of drug-likeness (QED) is 0.569. The summed E-state index contributed by atoms with van der Waals surface area (Å²) >= 11 is 7.52. The second-order valence-corrected chi connectivity index (χ2v) is 6.81. The van der Waals surface area contributed by atoms with E-state index in [2.05, 4.69) is 34.0 Å². The highest BCUT2D eigenvalue weighted by atomic mass is 35.5. The zero-order valence-electron chi connectivity index (χ0n) is 12.6. The number of alkyl halides is 1. The minimum atomic E-state index is 0.538. The SMILES string of the molecule is CCN1CCN(CCCCc2nc(CCl)cs2)CC1C. The molecule has 1 fully saturated rings. The Morgan fingerprint density at radius 2 is 2.25 bits per heavy atom. The summed E-state index contributed by atoms with van der Waals surface area (Å²) in [6.07, 6.45) is 3.61. The number of aryl methyl sites for hydroxylation is 1. The Balaban J connectivity index is 1.61. The lowest BCUT2D eigenvalue weighted by atomic mass is 10.1. The zero-order chi connectivity index (χ0) is 14.4. The number of hydrogen-bond donors (Lipinski definition) is 0. The molecule has 1 atom stereocenters. The van der Waals surface area contributed by atoms with Crippen molar-refractivity contribution in [3.8, 4) is 0 Å². The monoisotopic (exact) mass is 315 g/mol. The standard InChI is InChI=1S/C15H26ClN3S/c1-3-19-9-8-18(11-13(19)2)7-5-4-6-15-17-14(10-16)12-20-15/h12-13H,3-11H2,1-2H3. The van der Waals surface area contributed by atoms with Gasteiger partial charge in [-0.2, -0.15) is 0 Å². The highest BCUT2D eigenvalue weighted by Crippen LogP contribution is 2.15. The summed E-state index contributed by atoms with van der Waals surface area (Å²) in [7, 11) is 0. The third-order valence-electron chi connectivity index (χ3n) is 4.11. The first kappa shape index (κ1) is 16.2. The van der Waals surface area contributed by atoms with Crippen molar-refractivity contribution in [3.05, 3.63) is 16.1 Å². The van der Waals surface area contributed by atoms with Crippen molar-refractivity contribution in [2.45, 2.75) is 45.0 Å². The van der Waals surface area contributed by atoms with Gasteiger partial charge in [0.1, 0.15) is 0 Å². The molecule has 0 aromatic carbocycles. The molecule has 0 saturated carbocycles. The molecule has 1 aliphatic heterocycles. The first-order valence-electron chi connectivity index (χ1n) is 7.68. The van der Waals surface area contributed by atoms with E-state index in [1.54, 1.807) is 11.3 Å². The average Bonchev–Trinajstić information content (AvgIpc) is 2.92. The van der Waals surface area contributed by atoms with Crippen LogP contribution in [0.5, 0.6) is 0 Å². The molecule has 1 aliphatic rings. The fourth-order valence-electron chi connectivity index (χ4n) is 2.88. The van der Waals surface area contributed by atoms with E-state index in [4.69, 9.17) is 11.6 Å². The number of aromatic nitrogens is 1. The maximum Gasteiger partial charge on any atom is 0.0928 e. The van der Waals surface area contributed by atoms with E-state index in [9.17, 15) is 0 Å². The number of likely N-dealkylation sites (N-methyl/N-ethyl adjacent to an activating group) is 1. The predicted molar refractivity (Wildman–Crippen MR) is 87.8 cm³/mol. The summed E-state index contributed by atoms with van der Waals surface area (Å²) in [6.45, 7) is 10.7. The molecule has 1 saturated heterocycles. The van der Waals surface area contributed by atoms with Crippen LogP contribution in [-0.2, 0) is 12.3 Å². The second-order valence-electron chi connectivity index (χ2n) is 5.60. The Morgan fingerprint density at radius 1 is 1.40 bits per heavy atom. The Hall–Kier alpha value is -0.160. The van der Waals surface area contributed by atoms with Crippen LogP contribution < -0.4 is 0 Å². The van der Waals surface area contributed by atoms with Crippen LogP contribution in [0.15, 0.2) is 5.38 Å². The number of thiazole rings is 1. The van der Waals surface area contributed by atoms with E-state index in [0.29, 0.717) is 11.9 Å². The van der Waals surface area contributed by atoms with Gasteiger partial charge in [0, 0.05) is 31.1 Å². The number of nitrogens with zero attached hydrogens (tertiary/aromatic N) is 3. The van der Waals surface area contributed by atoms with Crippen molar-refractivity contribution in [1.29, 1.82) is 0 Å². The van der Waals surface area contributed by atoms with Crippen LogP contribution in [-0.4, -0.2) is 53.5 Å². The third-order valence-corrected chi connectivity index (χ3v) is 5.34. The van der Waals surface area contributed by atoms with Gasteiger partial charge in [-0.05, 0) is 39.3 Å². The van der Waals surface area contributed by atoms with Crippen LogP contribution in [0, 0.1) is 0 Å². The minimum Gasteiger partial charge on any atom is -0.301 e. The van der Waals surface area contributed by atoms with Gasteiger partial charge in [0.05, 0.1) is 16.6 Å². The maximum atomic E-state index is 5.77. The molecule has 5 heteroatoms. The van der Waals surface area contributed by atoms with E-state index >= 15 is 0 Å². The largest absolute Gasteiger partial charge is 0.301 e. The van der Waals surface area contributed by atoms with Gasteiger partial charge in [0.2, 0.25) is 0 Å². The van der Waals surface area contributed by atoms with Gasteiger partial charge in [-0.1, -0.05) is 6.92 Å². The molecule has 114 valence electrons. The van der Waals surface area contributed by atoms with E-state index in [0.717, 1.165) is 12.1 Å². The molecule has 1 aromatic rings. The third kappa shape index (κ3) is 4.69. The molecule has 20 heavy (non-hydrogen) atoms. The van der Waals surface area contributed by atoms with Crippen molar-refractivity contribution in [3.63, 3.8) is 0 Å². The summed E-state index contributed by atoms with van der Waals surface area (Å²) in [5.74, 6) is 0.538. The molecule has 1 unspecified atom stereocenters. The predicted octanol–water partition coefficient (Wildman–Crippen LogP) is 3.23. The second kappa shape index (κ2) is 8.32. The van der Waals surface area contributed by atoms with Crippen LogP contribution in [0.3, 0.4) is 0 Å². The van der Waals surface area contributed by atoms with Crippen LogP contribution >= 0.6 is 22.9 Å². The number of unbranched alkanes of at least 4 members (excludes halogenated alkanes) is 1. The number of rotatable bonds is 7. The van der Waals surface area contributed by atoms with E-state index < -0.39 is 0 Å². The maximum absolute atomic E-state index is 5.77. The highest BCUT2D eigenvalue weighted by molar-refractivity contribution is 7.09. The summed E-state index contributed by atoms with van der Waals surface area (Å²) in [5.41, 5.74) is 1.02. The molecule has 0 spiro atoms. The Morgan fingerprint density at radius 3 is 2.90 bits per heavy atom. The van der Waals surface area contributed by atoms with Gasteiger partial charge in [0.25, 0.3) is 0 Å². The average molecular weight is 316 g/mol. The summed E-state index contributed by atoms with van der Waals surface area (Å²) in [6, 6.07) is 0.707.